The minimum absolute atomic E-state index is 0.372. The summed E-state index contributed by atoms with van der Waals surface area (Å²) in [5.74, 6) is 0.953. The normalized spacial score (nSPS) is 12.8. The summed E-state index contributed by atoms with van der Waals surface area (Å²) in [5, 5.41) is 8.69. The van der Waals surface area contributed by atoms with Crippen LogP contribution in [0.1, 0.15) is 110 Å². The van der Waals surface area contributed by atoms with Gasteiger partial charge < -0.3 is 5.11 Å². The highest BCUT2D eigenvalue weighted by Gasteiger charge is 2.00. The zero-order chi connectivity index (χ0) is 14.9. The summed E-state index contributed by atoms with van der Waals surface area (Å²) < 4.78 is 0. The molecule has 0 spiro atoms. The van der Waals surface area contributed by atoms with E-state index in [0.717, 1.165) is 12.3 Å². The van der Waals surface area contributed by atoms with Gasteiger partial charge in [-0.25, -0.2) is 0 Å². The van der Waals surface area contributed by atoms with Crippen molar-refractivity contribution < 1.29 is 5.11 Å². The van der Waals surface area contributed by atoms with Crippen LogP contribution in [0.3, 0.4) is 0 Å². The summed E-state index contributed by atoms with van der Waals surface area (Å²) in [6.07, 6.45) is 20.6. The van der Waals surface area contributed by atoms with Gasteiger partial charge in [-0.2, -0.15) is 0 Å². The first-order valence-electron chi connectivity index (χ1n) is 9.42. The largest absolute Gasteiger partial charge is 0.396 e. The van der Waals surface area contributed by atoms with Crippen molar-refractivity contribution in [3.8, 4) is 0 Å². The number of aliphatic hydroxyl groups is 1. The highest BCUT2D eigenvalue weighted by molar-refractivity contribution is 4.54. The monoisotopic (exact) mass is 284 g/mol. The van der Waals surface area contributed by atoms with Gasteiger partial charge in [0.2, 0.25) is 0 Å². The number of hydrogen-bond acceptors (Lipinski definition) is 1. The molecule has 0 aromatic carbocycles. The highest BCUT2D eigenvalue weighted by atomic mass is 16.2. The Balaban J connectivity index is 3.02. The number of unbranched alkanes of at least 4 members (excludes halogenated alkanes) is 11. The topological polar surface area (TPSA) is 20.2 Å². The Kier molecular flexibility index (Phi) is 17.0. The van der Waals surface area contributed by atoms with Gasteiger partial charge in [-0.1, -0.05) is 104 Å². The predicted octanol–water partition coefficient (Wildman–Crippen LogP) is 6.49. The van der Waals surface area contributed by atoms with Gasteiger partial charge in [-0.15, -0.1) is 0 Å². The fraction of sp³-hybridized carbons (Fsp3) is 1.00. The first kappa shape index (κ1) is 20.0. The van der Waals surface area contributed by atoms with Gasteiger partial charge in [-0.3, -0.25) is 0 Å². The Morgan fingerprint density at radius 1 is 0.600 bits per heavy atom. The predicted molar refractivity (Wildman–Crippen MR) is 91.2 cm³/mol. The van der Waals surface area contributed by atoms with E-state index < -0.39 is 0 Å². The lowest BCUT2D eigenvalue weighted by atomic mass is 9.97. The average molecular weight is 285 g/mol. The second-order valence-electron chi connectivity index (χ2n) is 6.65. The molecule has 122 valence electrons. The molecule has 1 unspecified atom stereocenters. The van der Waals surface area contributed by atoms with E-state index in [0.29, 0.717) is 6.61 Å². The van der Waals surface area contributed by atoms with Gasteiger partial charge in [-0.05, 0) is 12.3 Å². The van der Waals surface area contributed by atoms with Crippen LogP contribution in [-0.4, -0.2) is 11.7 Å². The molecule has 0 aliphatic rings. The molecule has 0 aliphatic carbocycles. The van der Waals surface area contributed by atoms with Crippen LogP contribution in [-0.2, 0) is 0 Å². The van der Waals surface area contributed by atoms with Crippen LogP contribution in [0.2, 0.25) is 0 Å². The SMILES string of the molecule is CCCCC(C)CCCCCCCCCCCCCO. The molecule has 0 heterocycles. The zero-order valence-electron chi connectivity index (χ0n) is 14.3. The van der Waals surface area contributed by atoms with Crippen LogP contribution in [0.25, 0.3) is 0 Å². The smallest absolute Gasteiger partial charge is 0.0431 e. The summed E-state index contributed by atoms with van der Waals surface area (Å²) in [6.45, 7) is 5.09. The van der Waals surface area contributed by atoms with Crippen molar-refractivity contribution in [1.82, 2.24) is 0 Å². The number of rotatable bonds is 16. The molecule has 0 aromatic heterocycles. The average Bonchev–Trinajstić information content (AvgIpc) is 2.46. The van der Waals surface area contributed by atoms with Crippen molar-refractivity contribution in [3.05, 3.63) is 0 Å². The molecular weight excluding hydrogens is 244 g/mol. The van der Waals surface area contributed by atoms with Gasteiger partial charge in [0, 0.05) is 6.61 Å². The number of hydrogen-bond donors (Lipinski definition) is 1. The van der Waals surface area contributed by atoms with Crippen LogP contribution in [0.15, 0.2) is 0 Å². The van der Waals surface area contributed by atoms with E-state index in [-0.39, 0.29) is 0 Å². The molecule has 0 saturated heterocycles. The molecule has 20 heavy (non-hydrogen) atoms. The van der Waals surface area contributed by atoms with E-state index in [1.54, 1.807) is 0 Å². The van der Waals surface area contributed by atoms with Crippen LogP contribution in [0.4, 0.5) is 0 Å². The van der Waals surface area contributed by atoms with Crippen molar-refractivity contribution >= 4 is 0 Å². The Morgan fingerprint density at radius 2 is 1.00 bits per heavy atom. The molecule has 0 aromatic rings. The van der Waals surface area contributed by atoms with Crippen molar-refractivity contribution in [1.29, 1.82) is 0 Å². The molecular formula is C19H40O. The third-order valence-corrected chi connectivity index (χ3v) is 4.41. The molecule has 1 atom stereocenters. The zero-order valence-corrected chi connectivity index (χ0v) is 14.3. The van der Waals surface area contributed by atoms with Crippen LogP contribution in [0.5, 0.6) is 0 Å². The summed E-state index contributed by atoms with van der Waals surface area (Å²) in [4.78, 5) is 0. The van der Waals surface area contributed by atoms with Gasteiger partial charge in [0.05, 0.1) is 0 Å². The lowest BCUT2D eigenvalue weighted by Gasteiger charge is -2.10. The second-order valence-corrected chi connectivity index (χ2v) is 6.65. The van der Waals surface area contributed by atoms with E-state index in [1.807, 2.05) is 0 Å². The molecule has 0 fully saturated rings. The maximum absolute atomic E-state index is 8.69. The third-order valence-electron chi connectivity index (χ3n) is 4.41. The lowest BCUT2D eigenvalue weighted by molar-refractivity contribution is 0.282. The highest BCUT2D eigenvalue weighted by Crippen LogP contribution is 2.17. The van der Waals surface area contributed by atoms with Crippen molar-refractivity contribution in [2.45, 2.75) is 110 Å². The number of aliphatic hydroxyl groups excluding tert-OH is 1. The van der Waals surface area contributed by atoms with Crippen LogP contribution >= 0.6 is 0 Å². The summed E-state index contributed by atoms with van der Waals surface area (Å²) in [7, 11) is 0. The summed E-state index contributed by atoms with van der Waals surface area (Å²) >= 11 is 0. The van der Waals surface area contributed by atoms with Gasteiger partial charge >= 0.3 is 0 Å². The molecule has 0 rings (SSSR count). The Hall–Kier alpha value is -0.0400. The Bertz CT molecular complexity index is 167. The third kappa shape index (κ3) is 16.0. The first-order chi connectivity index (χ1) is 9.81. The minimum Gasteiger partial charge on any atom is -0.396 e. The fourth-order valence-corrected chi connectivity index (χ4v) is 2.89. The molecule has 0 saturated carbocycles. The van der Waals surface area contributed by atoms with Gasteiger partial charge in [0.15, 0.2) is 0 Å². The maximum atomic E-state index is 8.69. The van der Waals surface area contributed by atoms with E-state index >= 15 is 0 Å². The quantitative estimate of drug-likeness (QED) is 0.321. The Morgan fingerprint density at radius 3 is 1.45 bits per heavy atom. The second kappa shape index (κ2) is 17.0. The van der Waals surface area contributed by atoms with E-state index in [4.69, 9.17) is 5.11 Å². The maximum Gasteiger partial charge on any atom is 0.0431 e. The standard InChI is InChI=1S/C19H40O/c1-3-4-16-19(2)17-14-12-10-8-6-5-7-9-11-13-15-18-20/h19-20H,3-18H2,1-2H3. The van der Waals surface area contributed by atoms with Crippen molar-refractivity contribution in [2.24, 2.45) is 5.92 Å². The summed E-state index contributed by atoms with van der Waals surface area (Å²) in [5.41, 5.74) is 0. The van der Waals surface area contributed by atoms with Crippen molar-refractivity contribution in [3.63, 3.8) is 0 Å². The molecule has 0 bridgehead atoms. The molecule has 1 nitrogen and oxygen atoms in total. The molecule has 1 N–H and O–H groups in total. The fourth-order valence-electron chi connectivity index (χ4n) is 2.89. The summed E-state index contributed by atoms with van der Waals surface area (Å²) in [6, 6.07) is 0. The van der Waals surface area contributed by atoms with Gasteiger partial charge in [0.25, 0.3) is 0 Å². The van der Waals surface area contributed by atoms with E-state index in [1.165, 1.54) is 89.9 Å². The van der Waals surface area contributed by atoms with Crippen LogP contribution < -0.4 is 0 Å². The molecule has 0 aliphatic heterocycles. The van der Waals surface area contributed by atoms with E-state index in [2.05, 4.69) is 13.8 Å². The minimum atomic E-state index is 0.372. The van der Waals surface area contributed by atoms with Gasteiger partial charge in [0.1, 0.15) is 0 Å². The van der Waals surface area contributed by atoms with E-state index in [9.17, 15) is 0 Å². The van der Waals surface area contributed by atoms with Crippen LogP contribution in [0, 0.1) is 5.92 Å². The molecule has 0 radical (unpaired) electrons. The van der Waals surface area contributed by atoms with Crippen molar-refractivity contribution in [2.75, 3.05) is 6.61 Å². The lowest BCUT2D eigenvalue weighted by Crippen LogP contribution is -1.94. The molecule has 1 heteroatoms. The Labute approximate surface area is 128 Å². The molecule has 0 amide bonds. The first-order valence-corrected chi connectivity index (χ1v) is 9.42.